The van der Waals surface area contributed by atoms with Crippen molar-refractivity contribution in [1.29, 1.82) is 0 Å². The van der Waals surface area contributed by atoms with Gasteiger partial charge in [0.05, 0.1) is 45.2 Å². The van der Waals surface area contributed by atoms with Crippen LogP contribution in [0.5, 0.6) is 0 Å². The number of anilines is 1. The molecule has 1 aromatic carbocycles. The minimum atomic E-state index is -0.436. The second kappa shape index (κ2) is 8.86. The number of nitrogens with zero attached hydrogens (tertiary/aromatic N) is 3. The first-order valence-corrected chi connectivity index (χ1v) is 10.8. The molecule has 9 heteroatoms. The van der Waals surface area contributed by atoms with Crippen LogP contribution in [0.15, 0.2) is 36.5 Å². The van der Waals surface area contributed by atoms with Crippen molar-refractivity contribution >= 4 is 46.4 Å². The zero-order valence-electron chi connectivity index (χ0n) is 16.9. The number of imidazole rings is 1. The molecule has 2 N–H and O–H groups in total. The third-order valence-electron chi connectivity index (χ3n) is 5.52. The Morgan fingerprint density at radius 3 is 2.52 bits per heavy atom. The van der Waals surface area contributed by atoms with Crippen LogP contribution in [0, 0.1) is 6.92 Å². The highest BCUT2D eigenvalue weighted by molar-refractivity contribution is 6.40. The first-order chi connectivity index (χ1) is 14.8. The normalized spacial score (nSPS) is 14.8. The molecule has 0 spiro atoms. The Morgan fingerprint density at radius 1 is 1.16 bits per heavy atom. The van der Waals surface area contributed by atoms with Gasteiger partial charge >= 0.3 is 0 Å². The number of aromatic nitrogens is 2. The number of fused-ring (bicyclic) bond motifs is 1. The number of amides is 2. The van der Waals surface area contributed by atoms with Crippen LogP contribution in [0.25, 0.3) is 5.65 Å². The standard InChI is InChI=1S/C22H22Cl2N4O3/c1-13-18(12-19(30)27-10-7-14(29)8-11-27)28-9-3-6-17(21(28)25-13)26-22(31)20-15(23)4-2-5-16(20)24/h2-6,9,14,29H,7-8,10-12H2,1H3,(H,26,31). The number of hydrogen-bond donors (Lipinski definition) is 2. The molecule has 1 aliphatic heterocycles. The number of aliphatic hydroxyl groups excluding tert-OH is 1. The van der Waals surface area contributed by atoms with E-state index in [9.17, 15) is 14.7 Å². The van der Waals surface area contributed by atoms with Crippen LogP contribution in [0.1, 0.15) is 34.6 Å². The number of hydrogen-bond acceptors (Lipinski definition) is 4. The fourth-order valence-corrected chi connectivity index (χ4v) is 4.38. The number of carbonyl (C=O) groups is 2. The lowest BCUT2D eigenvalue weighted by molar-refractivity contribution is -0.132. The molecule has 4 rings (SSSR count). The Hall–Kier alpha value is -2.61. The average molecular weight is 461 g/mol. The van der Waals surface area contributed by atoms with Gasteiger partial charge in [-0.2, -0.15) is 0 Å². The third-order valence-corrected chi connectivity index (χ3v) is 6.15. The molecule has 0 aliphatic carbocycles. The summed E-state index contributed by atoms with van der Waals surface area (Å²) in [7, 11) is 0. The smallest absolute Gasteiger partial charge is 0.258 e. The lowest BCUT2D eigenvalue weighted by Crippen LogP contribution is -2.41. The van der Waals surface area contributed by atoms with Gasteiger partial charge in [-0.1, -0.05) is 29.3 Å². The van der Waals surface area contributed by atoms with Crippen molar-refractivity contribution in [3.63, 3.8) is 0 Å². The second-order valence-electron chi connectivity index (χ2n) is 7.60. The number of nitrogens with one attached hydrogen (secondary N) is 1. The van der Waals surface area contributed by atoms with Crippen LogP contribution in [0.2, 0.25) is 10.0 Å². The molecule has 0 unspecified atom stereocenters. The minimum Gasteiger partial charge on any atom is -0.393 e. The third kappa shape index (κ3) is 4.39. The van der Waals surface area contributed by atoms with E-state index in [1.165, 1.54) is 0 Å². The Labute approximate surface area is 189 Å². The number of carbonyl (C=O) groups excluding carboxylic acids is 2. The van der Waals surface area contributed by atoms with Crippen molar-refractivity contribution in [3.8, 4) is 0 Å². The number of likely N-dealkylation sites (tertiary alicyclic amines) is 1. The number of rotatable bonds is 4. The van der Waals surface area contributed by atoms with Crippen molar-refractivity contribution in [2.24, 2.45) is 0 Å². The first kappa shape index (κ1) is 21.6. The van der Waals surface area contributed by atoms with Gasteiger partial charge in [0.1, 0.15) is 0 Å². The van der Waals surface area contributed by atoms with Crippen molar-refractivity contribution in [3.05, 3.63) is 63.5 Å². The topological polar surface area (TPSA) is 86.9 Å². The summed E-state index contributed by atoms with van der Waals surface area (Å²) in [5.41, 5.74) is 2.69. The van der Waals surface area contributed by atoms with E-state index < -0.39 is 5.91 Å². The summed E-state index contributed by atoms with van der Waals surface area (Å²) in [4.78, 5) is 32.0. The van der Waals surface area contributed by atoms with Crippen molar-refractivity contribution < 1.29 is 14.7 Å². The first-order valence-electron chi connectivity index (χ1n) is 10.0. The van der Waals surface area contributed by atoms with Crippen LogP contribution in [0.4, 0.5) is 5.69 Å². The van der Waals surface area contributed by atoms with Gasteiger partial charge in [-0.25, -0.2) is 4.98 Å². The molecule has 3 aromatic rings. The van der Waals surface area contributed by atoms with E-state index in [2.05, 4.69) is 10.3 Å². The highest BCUT2D eigenvalue weighted by Gasteiger charge is 2.24. The molecule has 1 aliphatic rings. The summed E-state index contributed by atoms with van der Waals surface area (Å²) in [6, 6.07) is 8.40. The summed E-state index contributed by atoms with van der Waals surface area (Å²) in [5, 5.41) is 13.0. The van der Waals surface area contributed by atoms with Crippen molar-refractivity contribution in [1.82, 2.24) is 14.3 Å². The molecule has 0 radical (unpaired) electrons. The Morgan fingerprint density at radius 2 is 1.84 bits per heavy atom. The van der Waals surface area contributed by atoms with E-state index in [-0.39, 0.29) is 34.0 Å². The number of benzene rings is 1. The minimum absolute atomic E-state index is 0.00547. The highest BCUT2D eigenvalue weighted by Crippen LogP contribution is 2.27. The van der Waals surface area contributed by atoms with E-state index in [1.807, 2.05) is 17.5 Å². The summed E-state index contributed by atoms with van der Waals surface area (Å²) in [6.07, 6.45) is 2.86. The maximum atomic E-state index is 12.8. The SMILES string of the molecule is Cc1nc2c(NC(=O)c3c(Cl)cccc3Cl)cccn2c1CC(=O)N1CCC(O)CC1. The van der Waals surface area contributed by atoms with Crippen LogP contribution in [0.3, 0.4) is 0 Å². The van der Waals surface area contributed by atoms with Crippen LogP contribution in [-0.4, -0.2) is 50.4 Å². The van der Waals surface area contributed by atoms with Gasteiger partial charge in [0.2, 0.25) is 5.91 Å². The maximum absolute atomic E-state index is 12.8. The molecule has 0 saturated carbocycles. The van der Waals surface area contributed by atoms with Crippen molar-refractivity contribution in [2.45, 2.75) is 32.3 Å². The van der Waals surface area contributed by atoms with Gasteiger partial charge in [0.25, 0.3) is 5.91 Å². The molecule has 1 fully saturated rings. The molecule has 3 heterocycles. The fraction of sp³-hybridized carbons (Fsp3) is 0.318. The summed E-state index contributed by atoms with van der Waals surface area (Å²) >= 11 is 12.3. The lowest BCUT2D eigenvalue weighted by atomic mass is 10.1. The summed E-state index contributed by atoms with van der Waals surface area (Å²) < 4.78 is 1.82. The molecular formula is C22H22Cl2N4O3. The average Bonchev–Trinajstić information content (AvgIpc) is 3.05. The predicted molar refractivity (Wildman–Crippen MR) is 120 cm³/mol. The monoisotopic (exact) mass is 460 g/mol. The lowest BCUT2D eigenvalue weighted by Gasteiger charge is -2.29. The fourth-order valence-electron chi connectivity index (χ4n) is 3.81. The van der Waals surface area contributed by atoms with Crippen molar-refractivity contribution in [2.75, 3.05) is 18.4 Å². The second-order valence-corrected chi connectivity index (χ2v) is 8.41. The zero-order chi connectivity index (χ0) is 22.1. The Kier molecular flexibility index (Phi) is 6.18. The maximum Gasteiger partial charge on any atom is 0.258 e. The number of pyridine rings is 1. The molecule has 2 amide bonds. The molecule has 162 valence electrons. The highest BCUT2D eigenvalue weighted by atomic mass is 35.5. The number of piperidine rings is 1. The molecule has 7 nitrogen and oxygen atoms in total. The van der Waals surface area contributed by atoms with Gasteiger partial charge in [-0.15, -0.1) is 0 Å². The van der Waals surface area contributed by atoms with Crippen LogP contribution < -0.4 is 5.32 Å². The number of aliphatic hydroxyl groups is 1. The van der Waals surface area contributed by atoms with E-state index in [4.69, 9.17) is 23.2 Å². The van der Waals surface area contributed by atoms with Gasteiger partial charge in [0, 0.05) is 19.3 Å². The predicted octanol–water partition coefficient (Wildman–Crippen LogP) is 3.73. The van der Waals surface area contributed by atoms with Gasteiger partial charge in [0.15, 0.2) is 5.65 Å². The zero-order valence-corrected chi connectivity index (χ0v) is 18.5. The van der Waals surface area contributed by atoms with Gasteiger partial charge in [-0.3, -0.25) is 9.59 Å². The van der Waals surface area contributed by atoms with E-state index in [0.29, 0.717) is 43.0 Å². The van der Waals surface area contributed by atoms with Gasteiger partial charge < -0.3 is 19.7 Å². The Bertz CT molecular complexity index is 1130. The van der Waals surface area contributed by atoms with Crippen LogP contribution >= 0.6 is 23.2 Å². The Balaban J connectivity index is 1.60. The molecule has 0 atom stereocenters. The summed E-state index contributed by atoms with van der Waals surface area (Å²) in [5.74, 6) is -0.442. The largest absolute Gasteiger partial charge is 0.393 e. The molecule has 1 saturated heterocycles. The van der Waals surface area contributed by atoms with E-state index in [0.717, 1.165) is 5.69 Å². The molecular weight excluding hydrogens is 439 g/mol. The van der Waals surface area contributed by atoms with E-state index in [1.54, 1.807) is 35.2 Å². The molecule has 31 heavy (non-hydrogen) atoms. The van der Waals surface area contributed by atoms with Crippen LogP contribution in [-0.2, 0) is 11.2 Å². The quantitative estimate of drug-likeness (QED) is 0.620. The number of halogens is 2. The molecule has 2 aromatic heterocycles. The van der Waals surface area contributed by atoms with Gasteiger partial charge in [-0.05, 0) is 44.0 Å². The number of aryl methyl sites for hydroxylation is 1. The van der Waals surface area contributed by atoms with E-state index >= 15 is 0 Å². The summed E-state index contributed by atoms with van der Waals surface area (Å²) in [6.45, 7) is 2.94. The molecule has 0 bridgehead atoms.